The number of aliphatic hydroxyl groups is 1. The summed E-state index contributed by atoms with van der Waals surface area (Å²) in [5.41, 5.74) is -0.204. The van der Waals surface area contributed by atoms with E-state index >= 15 is 0 Å². The molecule has 0 aliphatic carbocycles. The van der Waals surface area contributed by atoms with E-state index in [1.807, 2.05) is 13.8 Å². The third kappa shape index (κ3) is 4.51. The van der Waals surface area contributed by atoms with Gasteiger partial charge in [-0.05, 0) is 58.5 Å². The zero-order valence-electron chi connectivity index (χ0n) is 10.6. The van der Waals surface area contributed by atoms with Crippen LogP contribution in [0.3, 0.4) is 0 Å². The van der Waals surface area contributed by atoms with Crippen LogP contribution in [0.25, 0.3) is 0 Å². The van der Waals surface area contributed by atoms with Crippen molar-refractivity contribution in [1.82, 2.24) is 4.90 Å². The van der Waals surface area contributed by atoms with Gasteiger partial charge in [0.05, 0.1) is 11.5 Å². The van der Waals surface area contributed by atoms with Gasteiger partial charge >= 0.3 is 0 Å². The number of rotatable bonds is 5. The molecule has 1 fully saturated rings. The predicted molar refractivity (Wildman–Crippen MR) is 64.9 cm³/mol. The van der Waals surface area contributed by atoms with Crippen LogP contribution in [0, 0.1) is 22.7 Å². The largest absolute Gasteiger partial charge is 0.396 e. The van der Waals surface area contributed by atoms with Crippen molar-refractivity contribution in [3.63, 3.8) is 0 Å². The second kappa shape index (κ2) is 6.22. The first-order valence-corrected chi connectivity index (χ1v) is 6.32. The maximum Gasteiger partial charge on any atom is 0.0684 e. The van der Waals surface area contributed by atoms with Crippen LogP contribution in [0.1, 0.15) is 39.5 Å². The molecule has 1 unspecified atom stereocenters. The van der Waals surface area contributed by atoms with E-state index < -0.39 is 0 Å². The molecule has 16 heavy (non-hydrogen) atoms. The molecule has 3 nitrogen and oxygen atoms in total. The van der Waals surface area contributed by atoms with Crippen LogP contribution in [0.15, 0.2) is 0 Å². The molecule has 0 saturated carbocycles. The molecular weight excluding hydrogens is 200 g/mol. The second-order valence-corrected chi connectivity index (χ2v) is 5.57. The molecule has 1 N–H and O–H groups in total. The van der Waals surface area contributed by atoms with E-state index in [0.29, 0.717) is 12.5 Å². The van der Waals surface area contributed by atoms with Gasteiger partial charge in [0.25, 0.3) is 0 Å². The van der Waals surface area contributed by atoms with Gasteiger partial charge in [-0.3, -0.25) is 0 Å². The zero-order valence-corrected chi connectivity index (χ0v) is 10.6. The smallest absolute Gasteiger partial charge is 0.0684 e. The van der Waals surface area contributed by atoms with Crippen molar-refractivity contribution in [2.45, 2.75) is 39.5 Å². The number of piperidine rings is 1. The Bertz CT molecular complexity index is 243. The fraction of sp³-hybridized carbons (Fsp3) is 0.923. The summed E-state index contributed by atoms with van der Waals surface area (Å²) in [6, 6.07) is 2.35. The Balaban J connectivity index is 2.30. The Morgan fingerprint density at radius 2 is 2.25 bits per heavy atom. The van der Waals surface area contributed by atoms with Crippen molar-refractivity contribution in [3.05, 3.63) is 0 Å². The average molecular weight is 224 g/mol. The standard InChI is InChI=1S/C13H24N2O/c1-13(2,11-14)6-8-15-7-3-4-12(10-15)5-9-16/h12,16H,3-10H2,1-2H3. The number of aliphatic hydroxyl groups excluding tert-OH is 1. The molecule has 0 aromatic rings. The Kier molecular flexibility index (Phi) is 5.24. The van der Waals surface area contributed by atoms with Crippen LogP contribution in [0.2, 0.25) is 0 Å². The van der Waals surface area contributed by atoms with Gasteiger partial charge in [0, 0.05) is 13.2 Å². The minimum atomic E-state index is -0.204. The quantitative estimate of drug-likeness (QED) is 0.777. The summed E-state index contributed by atoms with van der Waals surface area (Å²) in [4.78, 5) is 2.45. The van der Waals surface area contributed by atoms with Crippen LogP contribution in [0.4, 0.5) is 0 Å². The van der Waals surface area contributed by atoms with Crippen molar-refractivity contribution < 1.29 is 5.11 Å². The molecule has 3 heteroatoms. The first-order valence-electron chi connectivity index (χ1n) is 6.32. The summed E-state index contributed by atoms with van der Waals surface area (Å²) in [6.07, 6.45) is 4.35. The van der Waals surface area contributed by atoms with Crippen molar-refractivity contribution in [3.8, 4) is 6.07 Å². The molecule has 0 aromatic heterocycles. The third-order valence-electron chi connectivity index (χ3n) is 3.50. The van der Waals surface area contributed by atoms with E-state index in [9.17, 15) is 0 Å². The van der Waals surface area contributed by atoms with Crippen LogP contribution >= 0.6 is 0 Å². The molecule has 1 rings (SSSR count). The predicted octanol–water partition coefficient (Wildman–Crippen LogP) is 2.02. The molecule has 92 valence electrons. The van der Waals surface area contributed by atoms with Gasteiger partial charge in [-0.25, -0.2) is 0 Å². The summed E-state index contributed by atoms with van der Waals surface area (Å²) < 4.78 is 0. The van der Waals surface area contributed by atoms with E-state index in [0.717, 1.165) is 32.5 Å². The maximum atomic E-state index is 8.96. The molecule has 0 amide bonds. The topological polar surface area (TPSA) is 47.3 Å². The van der Waals surface area contributed by atoms with Crippen LogP contribution in [-0.2, 0) is 0 Å². The third-order valence-corrected chi connectivity index (χ3v) is 3.50. The van der Waals surface area contributed by atoms with Gasteiger partial charge in [0.2, 0.25) is 0 Å². The van der Waals surface area contributed by atoms with Crippen molar-refractivity contribution >= 4 is 0 Å². The van der Waals surface area contributed by atoms with E-state index in [4.69, 9.17) is 10.4 Å². The molecule has 1 aliphatic rings. The average Bonchev–Trinajstić information content (AvgIpc) is 2.28. The fourth-order valence-corrected chi connectivity index (χ4v) is 2.27. The second-order valence-electron chi connectivity index (χ2n) is 5.57. The Morgan fingerprint density at radius 3 is 2.88 bits per heavy atom. The summed E-state index contributed by atoms with van der Waals surface area (Å²) in [6.45, 7) is 7.58. The van der Waals surface area contributed by atoms with E-state index in [-0.39, 0.29) is 5.41 Å². The van der Waals surface area contributed by atoms with E-state index in [1.54, 1.807) is 0 Å². The molecule has 1 saturated heterocycles. The molecular formula is C13H24N2O. The van der Waals surface area contributed by atoms with E-state index in [2.05, 4.69) is 11.0 Å². The van der Waals surface area contributed by atoms with E-state index in [1.165, 1.54) is 12.8 Å². The van der Waals surface area contributed by atoms with Crippen molar-refractivity contribution in [2.75, 3.05) is 26.2 Å². The monoisotopic (exact) mass is 224 g/mol. The van der Waals surface area contributed by atoms with Gasteiger partial charge in [0.15, 0.2) is 0 Å². The fourth-order valence-electron chi connectivity index (χ4n) is 2.27. The SMILES string of the molecule is CC(C)(C#N)CCN1CCCC(CCO)C1. The van der Waals surface area contributed by atoms with Gasteiger partial charge in [-0.15, -0.1) is 0 Å². The molecule has 1 heterocycles. The summed E-state index contributed by atoms with van der Waals surface area (Å²) in [5, 5.41) is 17.9. The van der Waals surface area contributed by atoms with Gasteiger partial charge < -0.3 is 10.0 Å². The molecule has 0 radical (unpaired) electrons. The van der Waals surface area contributed by atoms with Gasteiger partial charge in [0.1, 0.15) is 0 Å². The van der Waals surface area contributed by atoms with Crippen LogP contribution in [0.5, 0.6) is 0 Å². The molecule has 0 bridgehead atoms. The first-order chi connectivity index (χ1) is 7.57. The number of likely N-dealkylation sites (tertiary alicyclic amines) is 1. The minimum absolute atomic E-state index is 0.204. The normalized spacial score (nSPS) is 23.0. The Hall–Kier alpha value is -0.590. The number of nitrogens with zero attached hydrogens (tertiary/aromatic N) is 2. The zero-order chi connectivity index (χ0) is 12.0. The maximum absolute atomic E-state index is 8.96. The summed E-state index contributed by atoms with van der Waals surface area (Å²) >= 11 is 0. The lowest BCUT2D eigenvalue weighted by Gasteiger charge is -2.33. The first kappa shape index (κ1) is 13.5. The van der Waals surface area contributed by atoms with Gasteiger partial charge in [-0.1, -0.05) is 0 Å². The lowest BCUT2D eigenvalue weighted by molar-refractivity contribution is 0.138. The van der Waals surface area contributed by atoms with Crippen molar-refractivity contribution in [1.29, 1.82) is 5.26 Å². The highest BCUT2D eigenvalue weighted by Gasteiger charge is 2.22. The van der Waals surface area contributed by atoms with Gasteiger partial charge in [-0.2, -0.15) is 5.26 Å². The molecule has 0 aromatic carbocycles. The summed E-state index contributed by atoms with van der Waals surface area (Å²) in [5.74, 6) is 0.656. The molecule has 0 spiro atoms. The Morgan fingerprint density at radius 1 is 1.50 bits per heavy atom. The lowest BCUT2D eigenvalue weighted by Crippen LogP contribution is -2.37. The van der Waals surface area contributed by atoms with Crippen molar-refractivity contribution in [2.24, 2.45) is 11.3 Å². The van der Waals surface area contributed by atoms with Crippen LogP contribution in [-0.4, -0.2) is 36.2 Å². The summed E-state index contributed by atoms with van der Waals surface area (Å²) in [7, 11) is 0. The minimum Gasteiger partial charge on any atom is -0.396 e. The highest BCUT2D eigenvalue weighted by Crippen LogP contribution is 2.23. The highest BCUT2D eigenvalue weighted by molar-refractivity contribution is 4.92. The lowest BCUT2D eigenvalue weighted by atomic mass is 9.90. The number of nitriles is 1. The van der Waals surface area contributed by atoms with Crippen LogP contribution < -0.4 is 0 Å². The number of hydrogen-bond donors (Lipinski definition) is 1. The molecule has 1 aliphatic heterocycles. The molecule has 1 atom stereocenters. The highest BCUT2D eigenvalue weighted by atomic mass is 16.3. The Labute approximate surface area is 99.1 Å². The number of hydrogen-bond acceptors (Lipinski definition) is 3.